The summed E-state index contributed by atoms with van der Waals surface area (Å²) in [6.45, 7) is 0. The van der Waals surface area contributed by atoms with Crippen molar-refractivity contribution in [2.45, 2.75) is 0 Å². The van der Waals surface area contributed by atoms with Crippen molar-refractivity contribution in [2.75, 3.05) is 0 Å². The van der Waals surface area contributed by atoms with Crippen molar-refractivity contribution in [1.29, 1.82) is 0 Å². The monoisotopic (exact) mass is 447 g/mol. The van der Waals surface area contributed by atoms with E-state index in [1.807, 2.05) is 32.4 Å². The Bertz CT molecular complexity index is 609. The third-order valence-corrected chi connectivity index (χ3v) is 3.90. The lowest BCUT2D eigenvalue weighted by Crippen LogP contribution is -2.42. The van der Waals surface area contributed by atoms with Crippen LogP contribution in [0.15, 0.2) is 50.6 Å². The van der Waals surface area contributed by atoms with Crippen LogP contribution >= 0.6 is 47.8 Å². The fraction of sp³-hybridized carbons (Fsp3) is 0. The van der Waals surface area contributed by atoms with Crippen LogP contribution in [0.25, 0.3) is 0 Å². The fourth-order valence-electron chi connectivity index (χ4n) is 1.92. The highest BCUT2D eigenvalue weighted by molar-refractivity contribution is 9.11. The molecule has 3 aromatic rings. The summed E-state index contributed by atoms with van der Waals surface area (Å²) in [7, 11) is -1.27. The Morgan fingerprint density at radius 1 is 0.684 bits per heavy atom. The second kappa shape index (κ2) is 5.26. The number of aromatic nitrogens is 6. The first-order chi connectivity index (χ1) is 9.13. The van der Waals surface area contributed by atoms with E-state index in [0.29, 0.717) is 0 Å². The summed E-state index contributed by atoms with van der Waals surface area (Å²) in [6, 6.07) is 0. The molecule has 98 valence electrons. The predicted octanol–water partition coefficient (Wildman–Crippen LogP) is 2.23. The molecule has 3 heterocycles. The summed E-state index contributed by atoms with van der Waals surface area (Å²) in [5.41, 5.74) is 0. The quantitative estimate of drug-likeness (QED) is 0.576. The normalized spacial score (nSPS) is 11.4. The molecule has 19 heavy (non-hydrogen) atoms. The van der Waals surface area contributed by atoms with E-state index >= 15 is 0 Å². The van der Waals surface area contributed by atoms with E-state index in [1.54, 1.807) is 18.6 Å². The Kier molecular flexibility index (Phi) is 3.63. The molecule has 0 bridgehead atoms. The molecule has 0 amide bonds. The van der Waals surface area contributed by atoms with Gasteiger partial charge >= 0.3 is 7.12 Å². The summed E-state index contributed by atoms with van der Waals surface area (Å²) >= 11 is 10.2. The first-order valence-electron chi connectivity index (χ1n) is 5.40. The lowest BCUT2D eigenvalue weighted by molar-refractivity contribution is 0.771. The van der Waals surface area contributed by atoms with Crippen LogP contribution in [0.4, 0.5) is 0 Å². The van der Waals surface area contributed by atoms with Gasteiger partial charge in [0.2, 0.25) is 0 Å². The topological polar surface area (TPSA) is 53.5 Å². The van der Waals surface area contributed by atoms with Crippen molar-refractivity contribution >= 4 is 54.9 Å². The molecule has 0 saturated heterocycles. The Hall–Kier alpha value is -0.865. The van der Waals surface area contributed by atoms with Gasteiger partial charge in [0.15, 0.2) is 0 Å². The van der Waals surface area contributed by atoms with Gasteiger partial charge in [0, 0.05) is 0 Å². The Morgan fingerprint density at radius 2 is 1.00 bits per heavy atom. The molecule has 0 saturated carbocycles. The highest BCUT2D eigenvalue weighted by Crippen LogP contribution is 2.13. The van der Waals surface area contributed by atoms with E-state index < -0.39 is 7.12 Å². The van der Waals surface area contributed by atoms with Crippen molar-refractivity contribution < 1.29 is 0 Å². The van der Waals surface area contributed by atoms with Gasteiger partial charge < -0.3 is 13.8 Å². The van der Waals surface area contributed by atoms with Gasteiger partial charge in [-0.3, -0.25) is 0 Å². The van der Waals surface area contributed by atoms with E-state index in [9.17, 15) is 0 Å². The average Bonchev–Trinajstić information content (AvgIpc) is 3.05. The summed E-state index contributed by atoms with van der Waals surface area (Å²) in [4.78, 5) is 0. The first-order valence-corrected chi connectivity index (χ1v) is 7.78. The molecular weight excluding hydrogens is 443 g/mol. The van der Waals surface area contributed by atoms with Gasteiger partial charge in [-0.15, -0.1) is 0 Å². The molecular formula is C9H7BBr3N6-. The molecule has 3 aromatic heterocycles. The molecule has 0 atom stereocenters. The van der Waals surface area contributed by atoms with E-state index in [0.717, 1.165) is 13.4 Å². The van der Waals surface area contributed by atoms with Crippen LogP contribution < -0.4 is 0 Å². The highest BCUT2D eigenvalue weighted by Gasteiger charge is 2.13. The summed E-state index contributed by atoms with van der Waals surface area (Å²) in [5.74, 6) is 0. The number of hydrogen-bond acceptors (Lipinski definition) is 3. The molecule has 0 aliphatic heterocycles. The zero-order chi connectivity index (χ0) is 13.4. The minimum absolute atomic E-state index is 0.919. The molecule has 6 nitrogen and oxygen atoms in total. The van der Waals surface area contributed by atoms with Gasteiger partial charge in [0.1, 0.15) is 0 Å². The summed E-state index contributed by atoms with van der Waals surface area (Å²) in [6.07, 6.45) is 11.0. The molecule has 0 aromatic carbocycles. The summed E-state index contributed by atoms with van der Waals surface area (Å²) in [5, 5.41) is 13.0. The van der Waals surface area contributed by atoms with E-state index in [-0.39, 0.29) is 0 Å². The second-order valence-corrected chi connectivity index (χ2v) is 6.77. The largest absolute Gasteiger partial charge is 0.402 e. The smallest absolute Gasteiger partial charge is 0.326 e. The van der Waals surface area contributed by atoms with Gasteiger partial charge in [-0.1, -0.05) is 0 Å². The zero-order valence-corrected chi connectivity index (χ0v) is 14.2. The number of nitrogens with zero attached hydrogens (tertiary/aromatic N) is 6. The predicted molar refractivity (Wildman–Crippen MR) is 83.1 cm³/mol. The SMILES string of the molecule is Brc1cnn([BH-](n2cc(Br)cn2)n2cc(Br)cn2)c1. The molecule has 3 rings (SSSR count). The number of hydrogen-bond donors (Lipinski definition) is 0. The molecule has 0 unspecified atom stereocenters. The van der Waals surface area contributed by atoms with Crippen LogP contribution in [0.3, 0.4) is 0 Å². The standard InChI is InChI=1S/C9H7BBr3N6/c11-7-1-14-17(4-7)10(18-5-8(12)2-15-18)19-6-9(13)3-16-19/h1-6,10H/q-1. The zero-order valence-electron chi connectivity index (χ0n) is 9.49. The molecule has 0 radical (unpaired) electrons. The van der Waals surface area contributed by atoms with Gasteiger partial charge in [-0.25, -0.2) is 15.3 Å². The molecule has 10 heteroatoms. The molecule has 0 aliphatic carbocycles. The maximum absolute atomic E-state index is 4.34. The number of rotatable bonds is 3. The van der Waals surface area contributed by atoms with Gasteiger partial charge in [0.25, 0.3) is 0 Å². The van der Waals surface area contributed by atoms with Crippen LogP contribution in [0.1, 0.15) is 0 Å². The van der Waals surface area contributed by atoms with Crippen molar-refractivity contribution in [3.63, 3.8) is 0 Å². The Balaban J connectivity index is 2.10. The van der Waals surface area contributed by atoms with Crippen LogP contribution in [0, 0.1) is 0 Å². The third kappa shape index (κ3) is 2.70. The average molecular weight is 450 g/mol. The van der Waals surface area contributed by atoms with E-state index in [2.05, 4.69) is 63.1 Å². The lowest BCUT2D eigenvalue weighted by Gasteiger charge is -2.26. The molecule has 0 aliphatic rings. The van der Waals surface area contributed by atoms with Crippen LogP contribution in [-0.2, 0) is 0 Å². The van der Waals surface area contributed by atoms with Crippen molar-refractivity contribution in [2.24, 2.45) is 0 Å². The van der Waals surface area contributed by atoms with Gasteiger partial charge in [0.05, 0.1) is 32.0 Å². The lowest BCUT2D eigenvalue weighted by atomic mass is 9.96. The third-order valence-electron chi connectivity index (χ3n) is 2.67. The van der Waals surface area contributed by atoms with Gasteiger partial charge in [-0.2, -0.15) is 0 Å². The molecule has 0 fully saturated rings. The first kappa shape index (κ1) is 13.1. The minimum atomic E-state index is -1.27. The second-order valence-electron chi connectivity index (χ2n) is 4.02. The molecule has 0 spiro atoms. The van der Waals surface area contributed by atoms with Crippen LogP contribution in [-0.4, -0.2) is 36.2 Å². The van der Waals surface area contributed by atoms with Crippen LogP contribution in [0.5, 0.6) is 0 Å². The number of halogens is 3. The maximum atomic E-state index is 4.34. The minimum Gasteiger partial charge on any atom is -0.402 e. The summed E-state index contributed by atoms with van der Waals surface area (Å²) < 4.78 is 8.31. The maximum Gasteiger partial charge on any atom is 0.326 e. The highest BCUT2D eigenvalue weighted by atomic mass is 79.9. The van der Waals surface area contributed by atoms with Gasteiger partial charge in [-0.05, 0) is 66.4 Å². The fourth-order valence-corrected chi connectivity index (χ4v) is 2.91. The van der Waals surface area contributed by atoms with Crippen LogP contribution in [0.2, 0.25) is 0 Å². The van der Waals surface area contributed by atoms with Crippen molar-refractivity contribution in [1.82, 2.24) is 29.1 Å². The van der Waals surface area contributed by atoms with Crippen molar-refractivity contribution in [3.8, 4) is 0 Å². The van der Waals surface area contributed by atoms with Crippen molar-refractivity contribution in [3.05, 3.63) is 50.6 Å². The Morgan fingerprint density at radius 3 is 1.21 bits per heavy atom. The van der Waals surface area contributed by atoms with E-state index in [4.69, 9.17) is 0 Å². The van der Waals surface area contributed by atoms with E-state index in [1.165, 1.54) is 0 Å². The Labute approximate surface area is 134 Å². The molecule has 0 N–H and O–H groups in total.